The number of hydrogen-bond donors (Lipinski definition) is 1. The Bertz CT molecular complexity index is 685. The minimum atomic E-state index is 0.148. The normalized spacial score (nSPS) is 19.0. The SMILES string of the molecule is O=C(c1ccc(Cn2ccnn2)cc1)N1CCC(NC2CCC2)CC1. The van der Waals surface area contributed by atoms with E-state index in [9.17, 15) is 4.79 Å². The van der Waals surface area contributed by atoms with Gasteiger partial charge in [0.05, 0.1) is 12.7 Å². The fourth-order valence-corrected chi connectivity index (χ4v) is 3.60. The number of carbonyl (C=O) groups excluding carboxylic acids is 1. The monoisotopic (exact) mass is 339 g/mol. The first kappa shape index (κ1) is 16.3. The molecule has 132 valence electrons. The van der Waals surface area contributed by atoms with Gasteiger partial charge in [0.2, 0.25) is 0 Å². The van der Waals surface area contributed by atoms with Gasteiger partial charge in [0.25, 0.3) is 5.91 Å². The average Bonchev–Trinajstić information content (AvgIpc) is 3.12. The summed E-state index contributed by atoms with van der Waals surface area (Å²) in [4.78, 5) is 14.7. The van der Waals surface area contributed by atoms with Gasteiger partial charge >= 0.3 is 0 Å². The summed E-state index contributed by atoms with van der Waals surface area (Å²) < 4.78 is 1.77. The van der Waals surface area contributed by atoms with E-state index in [4.69, 9.17) is 0 Å². The van der Waals surface area contributed by atoms with Crippen LogP contribution in [0, 0.1) is 0 Å². The summed E-state index contributed by atoms with van der Waals surface area (Å²) in [5, 5.41) is 11.5. The highest BCUT2D eigenvalue weighted by Gasteiger charge is 2.26. The third kappa shape index (κ3) is 3.90. The van der Waals surface area contributed by atoms with Gasteiger partial charge < -0.3 is 10.2 Å². The van der Waals surface area contributed by atoms with E-state index in [1.54, 1.807) is 10.9 Å². The van der Waals surface area contributed by atoms with Crippen LogP contribution in [-0.2, 0) is 6.54 Å². The molecule has 1 aliphatic carbocycles. The Kier molecular flexibility index (Phi) is 4.78. The Labute approximate surface area is 148 Å². The first-order chi connectivity index (χ1) is 12.3. The Morgan fingerprint density at radius 1 is 1.08 bits per heavy atom. The van der Waals surface area contributed by atoms with Crippen LogP contribution in [0.1, 0.15) is 48.0 Å². The van der Waals surface area contributed by atoms with Crippen molar-refractivity contribution in [2.75, 3.05) is 13.1 Å². The molecule has 6 heteroatoms. The lowest BCUT2D eigenvalue weighted by atomic mass is 9.91. The Balaban J connectivity index is 1.30. The van der Waals surface area contributed by atoms with Crippen LogP contribution in [0.3, 0.4) is 0 Å². The van der Waals surface area contributed by atoms with E-state index in [2.05, 4.69) is 15.6 Å². The van der Waals surface area contributed by atoms with Gasteiger partial charge in [-0.1, -0.05) is 23.8 Å². The highest BCUT2D eigenvalue weighted by Crippen LogP contribution is 2.22. The van der Waals surface area contributed by atoms with Gasteiger partial charge in [-0.05, 0) is 43.4 Å². The topological polar surface area (TPSA) is 63.1 Å². The molecule has 2 heterocycles. The zero-order chi connectivity index (χ0) is 17.1. The molecule has 6 nitrogen and oxygen atoms in total. The molecular weight excluding hydrogens is 314 g/mol. The molecule has 1 N–H and O–H groups in total. The van der Waals surface area contributed by atoms with Crippen molar-refractivity contribution in [3.8, 4) is 0 Å². The molecule has 2 fully saturated rings. The maximum Gasteiger partial charge on any atom is 0.253 e. The van der Waals surface area contributed by atoms with Crippen molar-refractivity contribution in [3.63, 3.8) is 0 Å². The number of amides is 1. The predicted octanol–water partition coefficient (Wildman–Crippen LogP) is 2.07. The molecule has 1 saturated heterocycles. The number of nitrogens with one attached hydrogen (secondary N) is 1. The van der Waals surface area contributed by atoms with Crippen molar-refractivity contribution in [1.82, 2.24) is 25.2 Å². The van der Waals surface area contributed by atoms with Crippen LogP contribution >= 0.6 is 0 Å². The van der Waals surface area contributed by atoms with Crippen molar-refractivity contribution < 1.29 is 4.79 Å². The molecule has 25 heavy (non-hydrogen) atoms. The Morgan fingerprint density at radius 3 is 2.40 bits per heavy atom. The van der Waals surface area contributed by atoms with Gasteiger partial charge in [-0.3, -0.25) is 4.79 Å². The number of aromatic nitrogens is 3. The quantitative estimate of drug-likeness (QED) is 0.906. The maximum absolute atomic E-state index is 12.7. The summed E-state index contributed by atoms with van der Waals surface area (Å²) in [7, 11) is 0. The number of piperidine rings is 1. The molecule has 1 aromatic heterocycles. The van der Waals surface area contributed by atoms with Crippen LogP contribution in [0.15, 0.2) is 36.7 Å². The predicted molar refractivity (Wildman–Crippen MR) is 95.3 cm³/mol. The van der Waals surface area contributed by atoms with Crippen LogP contribution in [0.4, 0.5) is 0 Å². The molecule has 1 saturated carbocycles. The van der Waals surface area contributed by atoms with E-state index in [1.165, 1.54) is 19.3 Å². The molecule has 1 aliphatic heterocycles. The highest BCUT2D eigenvalue weighted by atomic mass is 16.2. The minimum Gasteiger partial charge on any atom is -0.339 e. The van der Waals surface area contributed by atoms with Crippen LogP contribution in [-0.4, -0.2) is 51.0 Å². The molecule has 0 bridgehead atoms. The van der Waals surface area contributed by atoms with E-state index in [-0.39, 0.29) is 5.91 Å². The molecule has 0 unspecified atom stereocenters. The lowest BCUT2D eigenvalue weighted by Gasteiger charge is -2.37. The lowest BCUT2D eigenvalue weighted by Crippen LogP contribution is -2.49. The Hall–Kier alpha value is -2.21. The molecule has 2 aliphatic rings. The van der Waals surface area contributed by atoms with Crippen LogP contribution in [0.25, 0.3) is 0 Å². The Morgan fingerprint density at radius 2 is 1.80 bits per heavy atom. The number of hydrogen-bond acceptors (Lipinski definition) is 4. The van der Waals surface area contributed by atoms with Gasteiger partial charge in [-0.15, -0.1) is 5.10 Å². The van der Waals surface area contributed by atoms with E-state index < -0.39 is 0 Å². The van der Waals surface area contributed by atoms with Crippen molar-refractivity contribution in [1.29, 1.82) is 0 Å². The van der Waals surface area contributed by atoms with Gasteiger partial charge in [-0.25, -0.2) is 4.68 Å². The van der Waals surface area contributed by atoms with Crippen LogP contribution in [0.2, 0.25) is 0 Å². The molecule has 0 radical (unpaired) electrons. The van der Waals surface area contributed by atoms with Crippen molar-refractivity contribution in [2.24, 2.45) is 0 Å². The average molecular weight is 339 g/mol. The third-order valence-corrected chi connectivity index (χ3v) is 5.38. The summed E-state index contributed by atoms with van der Waals surface area (Å²) >= 11 is 0. The van der Waals surface area contributed by atoms with Crippen LogP contribution < -0.4 is 5.32 Å². The van der Waals surface area contributed by atoms with E-state index >= 15 is 0 Å². The largest absolute Gasteiger partial charge is 0.339 e. The van der Waals surface area contributed by atoms with E-state index in [0.717, 1.165) is 43.1 Å². The molecule has 0 atom stereocenters. The van der Waals surface area contributed by atoms with Gasteiger partial charge in [-0.2, -0.15) is 0 Å². The van der Waals surface area contributed by atoms with Gasteiger partial charge in [0, 0.05) is 36.9 Å². The molecule has 0 spiro atoms. The standard InChI is InChI=1S/C19H25N5O/c25-19(23-11-8-18(9-12-23)21-17-2-1-3-17)16-6-4-15(5-7-16)14-24-13-10-20-22-24/h4-7,10,13,17-18,21H,1-3,8-9,11-12,14H2. The second-order valence-electron chi connectivity index (χ2n) is 7.16. The molecule has 1 aromatic carbocycles. The second-order valence-corrected chi connectivity index (χ2v) is 7.16. The van der Waals surface area contributed by atoms with E-state index in [1.807, 2.05) is 35.4 Å². The zero-order valence-corrected chi connectivity index (χ0v) is 14.5. The molecule has 4 rings (SSSR count). The molecular formula is C19H25N5O. The van der Waals surface area contributed by atoms with Gasteiger partial charge in [0.15, 0.2) is 0 Å². The van der Waals surface area contributed by atoms with E-state index in [0.29, 0.717) is 12.6 Å². The zero-order valence-electron chi connectivity index (χ0n) is 14.5. The second kappa shape index (κ2) is 7.35. The first-order valence-electron chi connectivity index (χ1n) is 9.26. The summed E-state index contributed by atoms with van der Waals surface area (Å²) in [5.41, 5.74) is 1.89. The number of likely N-dealkylation sites (tertiary alicyclic amines) is 1. The summed E-state index contributed by atoms with van der Waals surface area (Å²) in [6.07, 6.45) is 9.63. The van der Waals surface area contributed by atoms with Crippen molar-refractivity contribution in [3.05, 3.63) is 47.8 Å². The summed E-state index contributed by atoms with van der Waals surface area (Å²) in [5.74, 6) is 0.148. The maximum atomic E-state index is 12.7. The first-order valence-corrected chi connectivity index (χ1v) is 9.26. The number of carbonyl (C=O) groups is 1. The molecule has 2 aromatic rings. The van der Waals surface area contributed by atoms with Gasteiger partial charge in [0.1, 0.15) is 0 Å². The number of nitrogens with zero attached hydrogens (tertiary/aromatic N) is 4. The fourth-order valence-electron chi connectivity index (χ4n) is 3.60. The smallest absolute Gasteiger partial charge is 0.253 e. The third-order valence-electron chi connectivity index (χ3n) is 5.38. The fraction of sp³-hybridized carbons (Fsp3) is 0.526. The lowest BCUT2D eigenvalue weighted by molar-refractivity contribution is 0.0697. The number of rotatable bonds is 5. The van der Waals surface area contributed by atoms with Crippen molar-refractivity contribution in [2.45, 2.75) is 50.7 Å². The van der Waals surface area contributed by atoms with Crippen molar-refractivity contribution >= 4 is 5.91 Å². The summed E-state index contributed by atoms with van der Waals surface area (Å²) in [6.45, 7) is 2.38. The van der Waals surface area contributed by atoms with Crippen LogP contribution in [0.5, 0.6) is 0 Å². The minimum absolute atomic E-state index is 0.148. The highest BCUT2D eigenvalue weighted by molar-refractivity contribution is 5.94. The molecule has 1 amide bonds. The number of benzene rings is 1. The summed E-state index contributed by atoms with van der Waals surface area (Å²) in [6, 6.07) is 9.16.